The van der Waals surface area contributed by atoms with Crippen LogP contribution in [0.25, 0.3) is 0 Å². The molecule has 3 rings (SSSR count). The second-order valence-corrected chi connectivity index (χ2v) is 5.07. The van der Waals surface area contributed by atoms with E-state index in [1.807, 2.05) is 19.1 Å². The minimum Gasteiger partial charge on any atom is -0.464 e. The monoisotopic (exact) mass is 301 g/mol. The lowest BCUT2D eigenvalue weighted by Crippen LogP contribution is -2.36. The summed E-state index contributed by atoms with van der Waals surface area (Å²) in [5, 5.41) is 3.79. The average molecular weight is 301 g/mol. The van der Waals surface area contributed by atoms with Gasteiger partial charge in [-0.3, -0.25) is 15.0 Å². The van der Waals surface area contributed by atoms with Gasteiger partial charge in [-0.25, -0.2) is 9.69 Å². The van der Waals surface area contributed by atoms with Gasteiger partial charge >= 0.3 is 5.97 Å². The first-order valence-electron chi connectivity index (χ1n) is 6.97. The normalized spacial score (nSPS) is 23.2. The zero-order valence-corrected chi connectivity index (χ0v) is 12.2. The van der Waals surface area contributed by atoms with Crippen LogP contribution in [0.1, 0.15) is 12.5 Å². The Balaban J connectivity index is 2.00. The van der Waals surface area contributed by atoms with Crippen LogP contribution in [0.3, 0.4) is 0 Å². The van der Waals surface area contributed by atoms with Crippen molar-refractivity contribution < 1.29 is 19.1 Å². The molecule has 0 radical (unpaired) electrons. The molecule has 1 aromatic rings. The third kappa shape index (κ3) is 1.89. The molecular weight excluding hydrogens is 286 g/mol. The molecule has 22 heavy (non-hydrogen) atoms. The Morgan fingerprint density at radius 2 is 2.05 bits per heavy atom. The maximum absolute atomic E-state index is 12.7. The van der Waals surface area contributed by atoms with Crippen molar-refractivity contribution >= 4 is 29.2 Å². The van der Waals surface area contributed by atoms with E-state index in [1.165, 1.54) is 7.11 Å². The number of nitrogens with zero attached hydrogens (tertiary/aromatic N) is 2. The Labute approximate surface area is 126 Å². The fourth-order valence-electron chi connectivity index (χ4n) is 2.83. The minimum absolute atomic E-state index is 0.0534. The van der Waals surface area contributed by atoms with E-state index in [4.69, 9.17) is 0 Å². The molecule has 2 atom stereocenters. The number of ether oxygens (including phenoxy) is 1. The number of para-hydroxylation sites is 1. The largest absolute Gasteiger partial charge is 0.464 e. The van der Waals surface area contributed by atoms with Crippen molar-refractivity contribution in [3.8, 4) is 0 Å². The number of anilines is 1. The van der Waals surface area contributed by atoms with Gasteiger partial charge in [0.2, 0.25) is 5.91 Å². The number of aryl methyl sites for hydroxylation is 1. The molecule has 0 saturated carbocycles. The van der Waals surface area contributed by atoms with Crippen LogP contribution < -0.4 is 10.3 Å². The van der Waals surface area contributed by atoms with Crippen LogP contribution in [0.2, 0.25) is 0 Å². The molecule has 0 spiro atoms. The highest BCUT2D eigenvalue weighted by Gasteiger charge is 2.55. The zero-order chi connectivity index (χ0) is 15.9. The van der Waals surface area contributed by atoms with Gasteiger partial charge in [-0.2, -0.15) is 5.10 Å². The van der Waals surface area contributed by atoms with Crippen molar-refractivity contribution in [1.82, 2.24) is 5.43 Å². The first-order valence-corrected chi connectivity index (χ1v) is 6.97. The second kappa shape index (κ2) is 5.25. The highest BCUT2D eigenvalue weighted by molar-refractivity contribution is 6.46. The Bertz CT molecular complexity index is 698. The summed E-state index contributed by atoms with van der Waals surface area (Å²) in [6.45, 7) is 1.95. The van der Waals surface area contributed by atoms with Crippen molar-refractivity contribution in [2.24, 2.45) is 11.0 Å². The molecule has 0 aliphatic carbocycles. The minimum atomic E-state index is -0.926. The van der Waals surface area contributed by atoms with Crippen LogP contribution in [0.15, 0.2) is 29.4 Å². The second-order valence-electron chi connectivity index (χ2n) is 5.07. The third-order valence-electron chi connectivity index (χ3n) is 3.93. The summed E-state index contributed by atoms with van der Waals surface area (Å²) >= 11 is 0. The summed E-state index contributed by atoms with van der Waals surface area (Å²) in [4.78, 5) is 38.1. The van der Waals surface area contributed by atoms with E-state index in [9.17, 15) is 14.4 Å². The molecule has 1 fully saturated rings. The predicted octanol–water partition coefficient (Wildman–Crippen LogP) is 0.239. The molecule has 2 aliphatic rings. The number of amides is 2. The molecule has 114 valence electrons. The van der Waals surface area contributed by atoms with Gasteiger partial charge in [-0.1, -0.05) is 25.1 Å². The predicted molar refractivity (Wildman–Crippen MR) is 78.2 cm³/mol. The fourth-order valence-corrected chi connectivity index (χ4v) is 2.83. The molecule has 1 aromatic carbocycles. The van der Waals surface area contributed by atoms with Gasteiger partial charge in [-0.05, 0) is 18.1 Å². The summed E-state index contributed by atoms with van der Waals surface area (Å²) in [6.07, 6.45) is 0.688. The van der Waals surface area contributed by atoms with Crippen LogP contribution in [0.5, 0.6) is 0 Å². The van der Waals surface area contributed by atoms with Crippen LogP contribution in [0, 0.1) is 5.92 Å². The molecule has 2 unspecified atom stereocenters. The van der Waals surface area contributed by atoms with E-state index in [1.54, 1.807) is 12.1 Å². The quantitative estimate of drug-likeness (QED) is 0.638. The Hall–Kier alpha value is -2.70. The summed E-state index contributed by atoms with van der Waals surface area (Å²) in [6, 6.07) is 6.38. The van der Waals surface area contributed by atoms with Crippen LogP contribution in [0.4, 0.5) is 5.69 Å². The summed E-state index contributed by atoms with van der Waals surface area (Å²) in [5.41, 5.74) is 3.97. The molecule has 1 saturated heterocycles. The van der Waals surface area contributed by atoms with Crippen LogP contribution in [-0.2, 0) is 25.5 Å². The maximum atomic E-state index is 12.7. The molecule has 2 amide bonds. The van der Waals surface area contributed by atoms with Gasteiger partial charge < -0.3 is 4.74 Å². The number of rotatable bonds is 3. The number of benzene rings is 1. The van der Waals surface area contributed by atoms with Gasteiger partial charge in [0.05, 0.1) is 12.8 Å². The molecule has 0 aromatic heterocycles. The molecule has 0 bridgehead atoms. The van der Waals surface area contributed by atoms with Crippen molar-refractivity contribution in [3.05, 3.63) is 29.8 Å². The highest BCUT2D eigenvalue weighted by Crippen LogP contribution is 2.32. The van der Waals surface area contributed by atoms with E-state index >= 15 is 0 Å². The van der Waals surface area contributed by atoms with E-state index in [2.05, 4.69) is 15.3 Å². The Kier molecular flexibility index (Phi) is 3.40. The molecule has 2 aliphatic heterocycles. The van der Waals surface area contributed by atoms with Crippen molar-refractivity contribution in [2.75, 3.05) is 12.0 Å². The number of hydrogen-bond acceptors (Lipinski definition) is 6. The number of fused-ring (bicyclic) bond motifs is 1. The first kappa shape index (κ1) is 14.2. The number of esters is 1. The van der Waals surface area contributed by atoms with Gasteiger partial charge in [0.25, 0.3) is 5.91 Å². The molecule has 1 N–H and O–H groups in total. The number of nitrogens with one attached hydrogen (secondary N) is 1. The van der Waals surface area contributed by atoms with Crippen molar-refractivity contribution in [3.63, 3.8) is 0 Å². The highest BCUT2D eigenvalue weighted by atomic mass is 16.5. The number of hydrazone groups is 1. The van der Waals surface area contributed by atoms with Crippen LogP contribution in [-0.4, -0.2) is 36.6 Å². The van der Waals surface area contributed by atoms with Gasteiger partial charge in [-0.15, -0.1) is 0 Å². The van der Waals surface area contributed by atoms with E-state index in [-0.39, 0.29) is 5.71 Å². The van der Waals surface area contributed by atoms with Gasteiger partial charge in [0, 0.05) is 0 Å². The molecule has 7 heteroatoms. The van der Waals surface area contributed by atoms with Crippen molar-refractivity contribution in [2.45, 2.75) is 19.4 Å². The smallest absolute Gasteiger partial charge is 0.355 e. The topological polar surface area (TPSA) is 88.1 Å². The summed E-state index contributed by atoms with van der Waals surface area (Å²) < 4.78 is 4.62. The van der Waals surface area contributed by atoms with E-state index in [0.717, 1.165) is 10.5 Å². The van der Waals surface area contributed by atoms with E-state index < -0.39 is 29.7 Å². The number of hydrogen-bond donors (Lipinski definition) is 1. The lowest BCUT2D eigenvalue weighted by Gasteiger charge is -2.18. The van der Waals surface area contributed by atoms with E-state index in [0.29, 0.717) is 12.1 Å². The summed E-state index contributed by atoms with van der Waals surface area (Å²) in [5.74, 6) is -2.49. The third-order valence-corrected chi connectivity index (χ3v) is 3.93. The zero-order valence-electron chi connectivity index (χ0n) is 12.2. The maximum Gasteiger partial charge on any atom is 0.355 e. The lowest BCUT2D eigenvalue weighted by atomic mass is 9.99. The van der Waals surface area contributed by atoms with Gasteiger partial charge in [0.1, 0.15) is 12.0 Å². The Morgan fingerprint density at radius 1 is 1.32 bits per heavy atom. The Morgan fingerprint density at radius 3 is 2.73 bits per heavy atom. The van der Waals surface area contributed by atoms with Gasteiger partial charge in [0.15, 0.2) is 5.71 Å². The standard InChI is InChI=1S/C15H15N3O4/c1-3-8-6-4-5-7-9(8)18-13(19)10-11(14(18)20)16-17-12(10)15(21)22-2/h4-7,10-11,16H,3H2,1-2H3. The SMILES string of the molecule is CCc1ccccc1N1C(=O)C2NN=C(C(=O)OC)C2C1=O. The number of carbonyl (C=O) groups is 3. The molecule has 2 heterocycles. The molecule has 7 nitrogen and oxygen atoms in total. The lowest BCUT2D eigenvalue weighted by molar-refractivity contribution is -0.133. The number of imide groups is 1. The molecular formula is C15H15N3O4. The van der Waals surface area contributed by atoms with Crippen LogP contribution >= 0.6 is 0 Å². The summed E-state index contributed by atoms with van der Waals surface area (Å²) in [7, 11) is 1.21. The number of methoxy groups -OCH3 is 1. The first-order chi connectivity index (χ1) is 10.6. The fraction of sp³-hybridized carbons (Fsp3) is 0.333. The average Bonchev–Trinajstić information content (AvgIpc) is 3.08. The van der Waals surface area contributed by atoms with Crippen molar-refractivity contribution in [1.29, 1.82) is 0 Å². The number of carbonyl (C=O) groups excluding carboxylic acids is 3.